The van der Waals surface area contributed by atoms with Crippen molar-refractivity contribution >= 4 is 18.6 Å². The second-order valence-electron chi connectivity index (χ2n) is 6.16. The maximum atomic E-state index is 6.01. The first-order chi connectivity index (χ1) is 9.78. The van der Waals surface area contributed by atoms with Crippen molar-refractivity contribution in [2.45, 2.75) is 38.9 Å². The van der Waals surface area contributed by atoms with Crippen LogP contribution in [0.15, 0.2) is 28.7 Å². The van der Waals surface area contributed by atoms with Gasteiger partial charge >= 0.3 is 13.1 Å². The topological polar surface area (TPSA) is 83.4 Å². The van der Waals surface area contributed by atoms with Crippen LogP contribution in [0.1, 0.15) is 27.7 Å². The molecule has 0 atom stereocenters. The van der Waals surface area contributed by atoms with Gasteiger partial charge in [-0.1, -0.05) is 17.2 Å². The highest BCUT2D eigenvalue weighted by atomic mass is 16.7. The summed E-state index contributed by atoms with van der Waals surface area (Å²) in [4.78, 5) is 0. The SMILES string of the molecule is CC1(C)OB(c2ccc(-c3nnc(N)o3)cc2)OC1(C)C. The van der Waals surface area contributed by atoms with Crippen molar-refractivity contribution in [3.05, 3.63) is 24.3 Å². The zero-order valence-electron chi connectivity index (χ0n) is 12.6. The van der Waals surface area contributed by atoms with E-state index in [9.17, 15) is 0 Å². The van der Waals surface area contributed by atoms with Crippen molar-refractivity contribution in [1.29, 1.82) is 0 Å². The predicted molar refractivity (Wildman–Crippen MR) is 79.9 cm³/mol. The van der Waals surface area contributed by atoms with E-state index in [2.05, 4.69) is 10.2 Å². The van der Waals surface area contributed by atoms with E-state index in [4.69, 9.17) is 19.5 Å². The van der Waals surface area contributed by atoms with Gasteiger partial charge in [0.1, 0.15) is 0 Å². The Bertz CT molecular complexity index is 636. The number of anilines is 1. The maximum Gasteiger partial charge on any atom is 0.494 e. The van der Waals surface area contributed by atoms with Gasteiger partial charge in [0.15, 0.2) is 0 Å². The highest BCUT2D eigenvalue weighted by Crippen LogP contribution is 2.36. The molecule has 0 radical (unpaired) electrons. The summed E-state index contributed by atoms with van der Waals surface area (Å²) < 4.78 is 17.2. The van der Waals surface area contributed by atoms with Crippen LogP contribution in [0, 0.1) is 0 Å². The summed E-state index contributed by atoms with van der Waals surface area (Å²) >= 11 is 0. The third-order valence-electron chi connectivity index (χ3n) is 4.12. The Labute approximate surface area is 123 Å². The molecule has 0 aliphatic carbocycles. The van der Waals surface area contributed by atoms with E-state index in [1.165, 1.54) is 0 Å². The second-order valence-corrected chi connectivity index (χ2v) is 6.16. The minimum Gasteiger partial charge on any atom is -0.404 e. The second kappa shape index (κ2) is 4.57. The van der Waals surface area contributed by atoms with E-state index in [1.807, 2.05) is 52.0 Å². The Kier molecular flexibility index (Phi) is 3.07. The average molecular weight is 287 g/mol. The van der Waals surface area contributed by atoms with Crippen LogP contribution in [-0.2, 0) is 9.31 Å². The molecule has 2 aromatic rings. The first kappa shape index (κ1) is 14.1. The Morgan fingerprint density at radius 3 is 2.00 bits per heavy atom. The third-order valence-corrected chi connectivity index (χ3v) is 4.12. The molecule has 7 heteroatoms. The molecule has 0 bridgehead atoms. The van der Waals surface area contributed by atoms with E-state index in [0.29, 0.717) is 5.89 Å². The van der Waals surface area contributed by atoms with Gasteiger partial charge in [-0.2, -0.15) is 0 Å². The lowest BCUT2D eigenvalue weighted by molar-refractivity contribution is 0.00578. The highest BCUT2D eigenvalue weighted by molar-refractivity contribution is 6.62. The molecule has 0 unspecified atom stereocenters. The van der Waals surface area contributed by atoms with Gasteiger partial charge in [-0.25, -0.2) is 0 Å². The Morgan fingerprint density at radius 2 is 1.52 bits per heavy atom. The number of nitrogen functional groups attached to an aromatic ring is 1. The van der Waals surface area contributed by atoms with Crippen molar-refractivity contribution in [3.8, 4) is 11.5 Å². The molecule has 2 N–H and O–H groups in total. The molecule has 1 aromatic heterocycles. The number of nitrogens with zero attached hydrogens (tertiary/aromatic N) is 2. The summed E-state index contributed by atoms with van der Waals surface area (Å²) in [6.07, 6.45) is 0. The molecule has 3 rings (SSSR count). The van der Waals surface area contributed by atoms with Gasteiger partial charge < -0.3 is 19.5 Å². The first-order valence-electron chi connectivity index (χ1n) is 6.83. The third kappa shape index (κ3) is 2.43. The lowest BCUT2D eigenvalue weighted by Crippen LogP contribution is -2.41. The molecule has 0 saturated carbocycles. The van der Waals surface area contributed by atoms with Crippen molar-refractivity contribution < 1.29 is 13.7 Å². The van der Waals surface area contributed by atoms with Crippen molar-refractivity contribution in [1.82, 2.24) is 10.2 Å². The van der Waals surface area contributed by atoms with E-state index in [-0.39, 0.29) is 24.3 Å². The van der Waals surface area contributed by atoms with Crippen LogP contribution in [0.5, 0.6) is 0 Å². The van der Waals surface area contributed by atoms with Crippen molar-refractivity contribution in [3.63, 3.8) is 0 Å². The van der Waals surface area contributed by atoms with E-state index >= 15 is 0 Å². The van der Waals surface area contributed by atoms with Crippen LogP contribution in [0.3, 0.4) is 0 Å². The summed E-state index contributed by atoms with van der Waals surface area (Å²) in [6.45, 7) is 8.12. The minimum atomic E-state index is -0.378. The number of aromatic nitrogens is 2. The van der Waals surface area contributed by atoms with Crippen LogP contribution in [0.4, 0.5) is 6.01 Å². The molecule has 21 heavy (non-hydrogen) atoms. The fraction of sp³-hybridized carbons (Fsp3) is 0.429. The fourth-order valence-electron chi connectivity index (χ4n) is 2.11. The predicted octanol–water partition coefficient (Wildman–Crippen LogP) is 1.62. The summed E-state index contributed by atoms with van der Waals surface area (Å²) in [5.74, 6) is 0.396. The standard InChI is InChI=1S/C14H18BN3O3/c1-13(2)14(3,4)21-15(20-13)10-7-5-9(6-8-10)11-17-18-12(16)19-11/h5-8H,1-4H3,(H2,16,18). The Balaban J connectivity index is 1.83. The van der Waals surface area contributed by atoms with E-state index < -0.39 is 0 Å². The van der Waals surface area contributed by atoms with Gasteiger partial charge in [0.05, 0.1) is 11.2 Å². The average Bonchev–Trinajstić information content (AvgIpc) is 2.92. The molecule has 6 nitrogen and oxygen atoms in total. The van der Waals surface area contributed by atoms with E-state index in [1.54, 1.807) is 0 Å². The van der Waals surface area contributed by atoms with Gasteiger partial charge in [0.25, 0.3) is 0 Å². The van der Waals surface area contributed by atoms with Crippen LogP contribution < -0.4 is 11.2 Å². The summed E-state index contributed by atoms with van der Waals surface area (Å²) in [7, 11) is -0.378. The monoisotopic (exact) mass is 287 g/mol. The molecule has 1 aromatic carbocycles. The van der Waals surface area contributed by atoms with Gasteiger partial charge in [0, 0.05) is 5.56 Å². The lowest BCUT2D eigenvalue weighted by Gasteiger charge is -2.32. The van der Waals surface area contributed by atoms with Crippen LogP contribution >= 0.6 is 0 Å². The first-order valence-corrected chi connectivity index (χ1v) is 6.83. The fourth-order valence-corrected chi connectivity index (χ4v) is 2.11. The molecule has 0 amide bonds. The Morgan fingerprint density at radius 1 is 0.952 bits per heavy atom. The lowest BCUT2D eigenvalue weighted by atomic mass is 9.79. The molecule has 1 aliphatic heterocycles. The number of hydrogen-bond acceptors (Lipinski definition) is 6. The quantitative estimate of drug-likeness (QED) is 0.845. The number of rotatable bonds is 2. The smallest absolute Gasteiger partial charge is 0.404 e. The zero-order valence-corrected chi connectivity index (χ0v) is 12.6. The normalized spacial score (nSPS) is 19.9. The van der Waals surface area contributed by atoms with Gasteiger partial charge in [-0.3, -0.25) is 0 Å². The number of nitrogens with two attached hydrogens (primary N) is 1. The summed E-state index contributed by atoms with van der Waals surface area (Å²) in [5, 5.41) is 7.50. The molecule has 110 valence electrons. The van der Waals surface area contributed by atoms with Gasteiger partial charge in [0.2, 0.25) is 5.89 Å². The van der Waals surface area contributed by atoms with Gasteiger partial charge in [-0.15, -0.1) is 5.10 Å². The number of benzene rings is 1. The van der Waals surface area contributed by atoms with Crippen molar-refractivity contribution in [2.24, 2.45) is 0 Å². The molecule has 2 heterocycles. The molecule has 1 aliphatic rings. The minimum absolute atomic E-state index is 0.0556. The molecule has 1 fully saturated rings. The number of hydrogen-bond donors (Lipinski definition) is 1. The van der Waals surface area contributed by atoms with Crippen molar-refractivity contribution in [2.75, 3.05) is 5.73 Å². The van der Waals surface area contributed by atoms with Gasteiger partial charge in [-0.05, 0) is 45.3 Å². The summed E-state index contributed by atoms with van der Waals surface area (Å²) in [5.41, 5.74) is 6.48. The maximum absolute atomic E-state index is 6.01. The van der Waals surface area contributed by atoms with Crippen LogP contribution in [0.2, 0.25) is 0 Å². The van der Waals surface area contributed by atoms with Crippen LogP contribution in [-0.4, -0.2) is 28.5 Å². The molecular formula is C14H18BN3O3. The highest BCUT2D eigenvalue weighted by Gasteiger charge is 2.51. The molecule has 1 saturated heterocycles. The van der Waals surface area contributed by atoms with E-state index in [0.717, 1.165) is 11.0 Å². The molecule has 0 spiro atoms. The Hall–Kier alpha value is -1.86. The van der Waals surface area contributed by atoms with Crippen LogP contribution in [0.25, 0.3) is 11.5 Å². The largest absolute Gasteiger partial charge is 0.494 e. The zero-order chi connectivity index (χ0) is 15.3. The molecular weight excluding hydrogens is 269 g/mol. The summed E-state index contributed by atoms with van der Waals surface area (Å²) in [6, 6.07) is 7.68.